The molecule has 0 bridgehead atoms. The standard InChI is InChI=1S/C13H16FN3O/c14-10-3-5-11(6-4-10)16-9-12(15)13(18)17-7-1-2-8-17/h3-6,9,16H,1-2,7-8,15H2/b12-9-. The lowest BCUT2D eigenvalue weighted by Crippen LogP contribution is -2.32. The zero-order chi connectivity index (χ0) is 13.0. The number of amides is 1. The van der Waals surface area contributed by atoms with Crippen LogP contribution in [-0.2, 0) is 4.79 Å². The van der Waals surface area contributed by atoms with E-state index in [1.165, 1.54) is 18.3 Å². The number of benzene rings is 1. The lowest BCUT2D eigenvalue weighted by atomic mass is 10.3. The summed E-state index contributed by atoms with van der Waals surface area (Å²) in [5.41, 5.74) is 6.56. The van der Waals surface area contributed by atoms with Crippen molar-refractivity contribution in [1.29, 1.82) is 0 Å². The van der Waals surface area contributed by atoms with Crippen molar-refractivity contribution in [2.24, 2.45) is 5.73 Å². The molecule has 1 aromatic carbocycles. The average molecular weight is 249 g/mol. The fourth-order valence-electron chi connectivity index (χ4n) is 1.87. The number of halogens is 1. The summed E-state index contributed by atoms with van der Waals surface area (Å²) in [5.74, 6) is -0.451. The van der Waals surface area contributed by atoms with Gasteiger partial charge in [-0.05, 0) is 37.1 Å². The third kappa shape index (κ3) is 3.00. The summed E-state index contributed by atoms with van der Waals surface area (Å²) < 4.78 is 12.7. The van der Waals surface area contributed by atoms with Crippen LogP contribution >= 0.6 is 0 Å². The highest BCUT2D eigenvalue weighted by atomic mass is 19.1. The number of rotatable bonds is 3. The maximum Gasteiger partial charge on any atom is 0.271 e. The molecule has 96 valence electrons. The van der Waals surface area contributed by atoms with Crippen LogP contribution in [0.3, 0.4) is 0 Å². The zero-order valence-electron chi connectivity index (χ0n) is 10.0. The van der Waals surface area contributed by atoms with Crippen LogP contribution in [0.1, 0.15) is 12.8 Å². The molecule has 0 aromatic heterocycles. The second-order valence-corrected chi connectivity index (χ2v) is 4.25. The summed E-state index contributed by atoms with van der Waals surface area (Å²) >= 11 is 0. The van der Waals surface area contributed by atoms with Crippen LogP contribution in [0.2, 0.25) is 0 Å². The molecule has 1 amide bonds. The summed E-state index contributed by atoms with van der Waals surface area (Å²) in [6.07, 6.45) is 3.52. The minimum atomic E-state index is -0.300. The van der Waals surface area contributed by atoms with Gasteiger partial charge in [0.25, 0.3) is 5.91 Å². The Morgan fingerprint density at radius 1 is 1.28 bits per heavy atom. The molecule has 0 saturated carbocycles. The largest absolute Gasteiger partial charge is 0.393 e. The highest BCUT2D eigenvalue weighted by Crippen LogP contribution is 2.11. The first kappa shape index (κ1) is 12.4. The molecular formula is C13H16FN3O. The maximum absolute atomic E-state index is 12.7. The summed E-state index contributed by atoms with van der Waals surface area (Å²) in [4.78, 5) is 13.6. The summed E-state index contributed by atoms with van der Waals surface area (Å²) in [6, 6.07) is 5.85. The monoisotopic (exact) mass is 249 g/mol. The van der Waals surface area contributed by atoms with Crippen molar-refractivity contribution in [2.75, 3.05) is 18.4 Å². The number of likely N-dealkylation sites (tertiary alicyclic amines) is 1. The number of carbonyl (C=O) groups is 1. The lowest BCUT2D eigenvalue weighted by Gasteiger charge is -2.15. The second-order valence-electron chi connectivity index (χ2n) is 4.25. The van der Waals surface area contributed by atoms with Crippen molar-refractivity contribution < 1.29 is 9.18 Å². The smallest absolute Gasteiger partial charge is 0.271 e. The molecule has 18 heavy (non-hydrogen) atoms. The number of anilines is 1. The molecule has 1 aromatic rings. The predicted molar refractivity (Wildman–Crippen MR) is 68.1 cm³/mol. The van der Waals surface area contributed by atoms with Gasteiger partial charge < -0.3 is 16.0 Å². The van der Waals surface area contributed by atoms with E-state index in [9.17, 15) is 9.18 Å². The third-order valence-corrected chi connectivity index (χ3v) is 2.88. The molecule has 3 N–H and O–H groups in total. The highest BCUT2D eigenvalue weighted by molar-refractivity contribution is 5.92. The first-order valence-corrected chi connectivity index (χ1v) is 5.94. The van der Waals surface area contributed by atoms with Gasteiger partial charge in [0, 0.05) is 25.0 Å². The molecule has 4 nitrogen and oxygen atoms in total. The van der Waals surface area contributed by atoms with Gasteiger partial charge in [-0.2, -0.15) is 0 Å². The third-order valence-electron chi connectivity index (χ3n) is 2.88. The zero-order valence-corrected chi connectivity index (χ0v) is 10.0. The Morgan fingerprint density at radius 3 is 2.50 bits per heavy atom. The average Bonchev–Trinajstić information content (AvgIpc) is 2.90. The molecule has 0 atom stereocenters. The Labute approximate surface area is 105 Å². The normalized spacial score (nSPS) is 15.8. The summed E-state index contributed by atoms with van der Waals surface area (Å²) in [7, 11) is 0. The molecule has 0 radical (unpaired) electrons. The fourth-order valence-corrected chi connectivity index (χ4v) is 1.87. The summed E-state index contributed by atoms with van der Waals surface area (Å²) in [6.45, 7) is 1.54. The molecule has 5 heteroatoms. The van der Waals surface area contributed by atoms with Crippen molar-refractivity contribution in [3.63, 3.8) is 0 Å². The maximum atomic E-state index is 12.7. The lowest BCUT2D eigenvalue weighted by molar-refractivity contribution is -0.126. The molecule has 2 rings (SSSR count). The highest BCUT2D eigenvalue weighted by Gasteiger charge is 2.19. The van der Waals surface area contributed by atoms with Crippen LogP contribution in [0.25, 0.3) is 0 Å². The van der Waals surface area contributed by atoms with Crippen molar-refractivity contribution >= 4 is 11.6 Å². The molecule has 1 aliphatic rings. The van der Waals surface area contributed by atoms with E-state index in [-0.39, 0.29) is 17.4 Å². The minimum Gasteiger partial charge on any atom is -0.393 e. The Kier molecular flexibility index (Phi) is 3.82. The van der Waals surface area contributed by atoms with Crippen molar-refractivity contribution in [3.8, 4) is 0 Å². The van der Waals surface area contributed by atoms with Gasteiger partial charge in [-0.1, -0.05) is 0 Å². The number of hydrogen-bond acceptors (Lipinski definition) is 3. The van der Waals surface area contributed by atoms with Gasteiger partial charge in [0.05, 0.1) is 0 Å². The Bertz CT molecular complexity index is 450. The number of carbonyl (C=O) groups excluding carboxylic acids is 1. The van der Waals surface area contributed by atoms with E-state index >= 15 is 0 Å². The molecule has 0 aliphatic carbocycles. The van der Waals surface area contributed by atoms with Gasteiger partial charge in [0.2, 0.25) is 0 Å². The molecular weight excluding hydrogens is 233 g/mol. The van der Waals surface area contributed by atoms with E-state index in [2.05, 4.69) is 5.32 Å². The van der Waals surface area contributed by atoms with E-state index < -0.39 is 0 Å². The number of nitrogens with zero attached hydrogens (tertiary/aromatic N) is 1. The van der Waals surface area contributed by atoms with Crippen molar-refractivity contribution in [3.05, 3.63) is 42.0 Å². The minimum absolute atomic E-state index is 0.151. The van der Waals surface area contributed by atoms with Crippen LogP contribution in [0.15, 0.2) is 36.2 Å². The number of nitrogens with two attached hydrogens (primary N) is 1. The fraction of sp³-hybridized carbons (Fsp3) is 0.308. The molecule has 1 saturated heterocycles. The van der Waals surface area contributed by atoms with Gasteiger partial charge in [0.15, 0.2) is 0 Å². The quantitative estimate of drug-likeness (QED) is 0.801. The van der Waals surface area contributed by atoms with Gasteiger partial charge >= 0.3 is 0 Å². The van der Waals surface area contributed by atoms with Crippen LogP contribution in [0.4, 0.5) is 10.1 Å². The van der Waals surface area contributed by atoms with Crippen molar-refractivity contribution in [1.82, 2.24) is 4.90 Å². The van der Waals surface area contributed by atoms with Gasteiger partial charge in [-0.3, -0.25) is 4.79 Å². The SMILES string of the molecule is N/C(=C\Nc1ccc(F)cc1)C(=O)N1CCCC1. The van der Waals surface area contributed by atoms with Gasteiger partial charge in [-0.15, -0.1) is 0 Å². The van der Waals surface area contributed by atoms with Crippen molar-refractivity contribution in [2.45, 2.75) is 12.8 Å². The second kappa shape index (κ2) is 5.53. The van der Waals surface area contributed by atoms with Gasteiger partial charge in [0.1, 0.15) is 11.5 Å². The van der Waals surface area contributed by atoms with E-state index in [0.29, 0.717) is 5.69 Å². The Morgan fingerprint density at radius 2 is 1.89 bits per heavy atom. The van der Waals surface area contributed by atoms with E-state index in [0.717, 1.165) is 25.9 Å². The van der Waals surface area contributed by atoms with E-state index in [1.807, 2.05) is 0 Å². The molecule has 0 spiro atoms. The van der Waals surface area contributed by atoms with Crippen LogP contribution in [0.5, 0.6) is 0 Å². The first-order valence-electron chi connectivity index (χ1n) is 5.94. The topological polar surface area (TPSA) is 58.4 Å². The Balaban J connectivity index is 1.95. The van der Waals surface area contributed by atoms with Gasteiger partial charge in [-0.25, -0.2) is 4.39 Å². The van der Waals surface area contributed by atoms with Crippen LogP contribution in [0, 0.1) is 5.82 Å². The molecule has 1 aliphatic heterocycles. The molecule has 1 fully saturated rings. The van der Waals surface area contributed by atoms with Crippen LogP contribution in [-0.4, -0.2) is 23.9 Å². The molecule has 1 heterocycles. The predicted octanol–water partition coefficient (Wildman–Crippen LogP) is 1.66. The Hall–Kier alpha value is -2.04. The van der Waals surface area contributed by atoms with E-state index in [1.54, 1.807) is 17.0 Å². The van der Waals surface area contributed by atoms with Crippen LogP contribution < -0.4 is 11.1 Å². The number of nitrogens with one attached hydrogen (secondary N) is 1. The first-order chi connectivity index (χ1) is 8.66. The van der Waals surface area contributed by atoms with E-state index in [4.69, 9.17) is 5.73 Å². The molecule has 0 unspecified atom stereocenters. The number of hydrogen-bond donors (Lipinski definition) is 2. The summed E-state index contributed by atoms with van der Waals surface area (Å²) in [5, 5.41) is 2.87.